The number of aromatic amines is 1. The van der Waals surface area contributed by atoms with Gasteiger partial charge in [-0.15, -0.1) is 0 Å². The summed E-state index contributed by atoms with van der Waals surface area (Å²) >= 11 is 0. The lowest BCUT2D eigenvalue weighted by atomic mass is 10.1. The molecule has 7 heteroatoms. The lowest BCUT2D eigenvalue weighted by Gasteiger charge is -2.14. The molecule has 0 radical (unpaired) electrons. The number of carbonyl (C=O) groups excluding carboxylic acids is 1. The van der Waals surface area contributed by atoms with Gasteiger partial charge in [0.1, 0.15) is 5.69 Å². The van der Waals surface area contributed by atoms with Gasteiger partial charge in [-0.05, 0) is 19.3 Å². The molecule has 4 rings (SSSR count). The topological polar surface area (TPSA) is 88.5 Å². The Labute approximate surface area is 132 Å². The Morgan fingerprint density at radius 1 is 1.17 bits per heavy atom. The van der Waals surface area contributed by atoms with Gasteiger partial charge in [0.2, 0.25) is 0 Å². The van der Waals surface area contributed by atoms with E-state index in [-0.39, 0.29) is 11.6 Å². The molecule has 0 spiro atoms. The summed E-state index contributed by atoms with van der Waals surface area (Å²) in [6, 6.07) is 9.52. The van der Waals surface area contributed by atoms with Crippen molar-refractivity contribution in [2.24, 2.45) is 0 Å². The van der Waals surface area contributed by atoms with Crippen molar-refractivity contribution in [3.63, 3.8) is 0 Å². The van der Waals surface area contributed by atoms with Gasteiger partial charge in [0.25, 0.3) is 5.91 Å². The van der Waals surface area contributed by atoms with Gasteiger partial charge in [0.15, 0.2) is 5.69 Å². The van der Waals surface area contributed by atoms with Crippen molar-refractivity contribution in [3.05, 3.63) is 47.9 Å². The zero-order valence-electron chi connectivity index (χ0n) is 12.5. The van der Waals surface area contributed by atoms with Gasteiger partial charge in [0.05, 0.1) is 17.6 Å². The molecule has 2 aromatic heterocycles. The van der Waals surface area contributed by atoms with Gasteiger partial charge >= 0.3 is 0 Å². The van der Waals surface area contributed by atoms with Crippen molar-refractivity contribution >= 4 is 11.6 Å². The Hall–Kier alpha value is -2.96. The summed E-state index contributed by atoms with van der Waals surface area (Å²) in [6.45, 7) is 0.907. The number of aromatic nitrogens is 5. The number of nitrogens with zero attached hydrogens (tertiary/aromatic N) is 4. The van der Waals surface area contributed by atoms with Crippen molar-refractivity contribution in [2.75, 3.05) is 5.32 Å². The van der Waals surface area contributed by atoms with Crippen LogP contribution in [0, 0.1) is 0 Å². The highest BCUT2D eigenvalue weighted by Crippen LogP contribution is 2.24. The van der Waals surface area contributed by atoms with Crippen molar-refractivity contribution < 1.29 is 4.79 Å². The quantitative estimate of drug-likeness (QED) is 0.776. The molecule has 0 bridgehead atoms. The molecule has 0 aliphatic carbocycles. The number of aryl methyl sites for hydroxylation is 1. The maximum Gasteiger partial charge on any atom is 0.278 e. The van der Waals surface area contributed by atoms with E-state index in [9.17, 15) is 4.79 Å². The molecule has 1 aliphatic heterocycles. The van der Waals surface area contributed by atoms with E-state index in [2.05, 4.69) is 25.8 Å². The largest absolute Gasteiger partial charge is 0.318 e. The number of rotatable bonds is 3. The fraction of sp³-hybridized carbons (Fsp3) is 0.250. The molecule has 1 aliphatic rings. The number of anilines is 1. The van der Waals surface area contributed by atoms with Crippen LogP contribution < -0.4 is 5.32 Å². The second-order valence-corrected chi connectivity index (χ2v) is 5.53. The van der Waals surface area contributed by atoms with Crippen LogP contribution in [0.2, 0.25) is 0 Å². The summed E-state index contributed by atoms with van der Waals surface area (Å²) in [4.78, 5) is 12.6. The molecule has 0 saturated carbocycles. The van der Waals surface area contributed by atoms with Gasteiger partial charge in [0, 0.05) is 12.1 Å². The number of nitrogens with one attached hydrogen (secondary N) is 2. The highest BCUT2D eigenvalue weighted by Gasteiger charge is 2.21. The van der Waals surface area contributed by atoms with Crippen molar-refractivity contribution in [1.82, 2.24) is 25.2 Å². The van der Waals surface area contributed by atoms with Gasteiger partial charge < -0.3 is 5.32 Å². The number of hydrogen-bond donors (Lipinski definition) is 2. The zero-order chi connectivity index (χ0) is 15.6. The smallest absolute Gasteiger partial charge is 0.278 e. The molecule has 116 valence electrons. The molecule has 1 aromatic carbocycles. The third kappa shape index (κ3) is 2.50. The Morgan fingerprint density at radius 2 is 2.04 bits per heavy atom. The van der Waals surface area contributed by atoms with Crippen LogP contribution in [-0.4, -0.2) is 31.1 Å². The Kier molecular flexibility index (Phi) is 3.38. The average molecular weight is 308 g/mol. The van der Waals surface area contributed by atoms with Crippen molar-refractivity contribution in [1.29, 1.82) is 0 Å². The normalized spacial score (nSPS) is 13.6. The fourth-order valence-electron chi connectivity index (χ4n) is 2.89. The van der Waals surface area contributed by atoms with Crippen molar-refractivity contribution in [2.45, 2.75) is 25.8 Å². The minimum Gasteiger partial charge on any atom is -0.318 e. The molecule has 0 fully saturated rings. The standard InChI is InChI=1S/C16H16N6O/c23-16(18-12-10-17-22-9-5-4-8-13(12)22)15-14(19-21-20-15)11-6-2-1-3-7-11/h1-3,6-7,10H,4-5,8-9H2,(H,18,23)(H,19,20,21). The zero-order valence-corrected chi connectivity index (χ0v) is 12.5. The molecule has 0 atom stereocenters. The summed E-state index contributed by atoms with van der Waals surface area (Å²) < 4.78 is 1.96. The number of carbonyl (C=O) groups is 1. The third-order valence-electron chi connectivity index (χ3n) is 4.04. The Balaban J connectivity index is 1.61. The van der Waals surface area contributed by atoms with Crippen LogP contribution in [0.1, 0.15) is 29.0 Å². The minimum absolute atomic E-state index is 0.279. The second-order valence-electron chi connectivity index (χ2n) is 5.53. The number of amides is 1. The van der Waals surface area contributed by atoms with Crippen LogP contribution in [0.3, 0.4) is 0 Å². The highest BCUT2D eigenvalue weighted by molar-refractivity contribution is 6.06. The molecule has 3 heterocycles. The molecule has 7 nitrogen and oxygen atoms in total. The van der Waals surface area contributed by atoms with Crippen LogP contribution in [0.5, 0.6) is 0 Å². The van der Waals surface area contributed by atoms with Gasteiger partial charge in [-0.2, -0.15) is 20.5 Å². The van der Waals surface area contributed by atoms with Crippen LogP contribution in [0.25, 0.3) is 11.3 Å². The first kappa shape index (κ1) is 13.7. The van der Waals surface area contributed by atoms with Gasteiger partial charge in [-0.3, -0.25) is 9.48 Å². The fourth-order valence-corrected chi connectivity index (χ4v) is 2.89. The molecular weight excluding hydrogens is 292 g/mol. The summed E-state index contributed by atoms with van der Waals surface area (Å²) in [5.74, 6) is -0.279. The SMILES string of the molecule is O=C(Nc1cnn2c1CCCC2)c1n[nH]nc1-c1ccccc1. The molecular formula is C16H16N6O. The van der Waals surface area contributed by atoms with E-state index < -0.39 is 0 Å². The molecule has 1 amide bonds. The lowest BCUT2D eigenvalue weighted by Crippen LogP contribution is -2.17. The van der Waals surface area contributed by atoms with E-state index in [1.54, 1.807) is 6.20 Å². The van der Waals surface area contributed by atoms with Gasteiger partial charge in [-0.25, -0.2) is 0 Å². The first-order chi connectivity index (χ1) is 11.3. The maximum atomic E-state index is 12.6. The van der Waals surface area contributed by atoms with E-state index >= 15 is 0 Å². The number of H-pyrrole nitrogens is 1. The first-order valence-corrected chi connectivity index (χ1v) is 7.65. The van der Waals surface area contributed by atoms with E-state index in [1.165, 1.54) is 0 Å². The van der Waals surface area contributed by atoms with Crippen LogP contribution in [0.15, 0.2) is 36.5 Å². The predicted molar refractivity (Wildman–Crippen MR) is 84.9 cm³/mol. The third-order valence-corrected chi connectivity index (χ3v) is 4.04. The molecule has 0 saturated heterocycles. The van der Waals surface area contributed by atoms with E-state index in [4.69, 9.17) is 0 Å². The van der Waals surface area contributed by atoms with Crippen molar-refractivity contribution in [3.8, 4) is 11.3 Å². The summed E-state index contributed by atoms with van der Waals surface area (Å²) in [6.07, 6.45) is 4.89. The molecule has 2 N–H and O–H groups in total. The maximum absolute atomic E-state index is 12.6. The number of hydrogen-bond acceptors (Lipinski definition) is 4. The van der Waals surface area contributed by atoms with Gasteiger partial charge in [-0.1, -0.05) is 30.3 Å². The predicted octanol–water partition coefficient (Wildman–Crippen LogP) is 2.26. The first-order valence-electron chi connectivity index (χ1n) is 7.65. The van der Waals surface area contributed by atoms with E-state index in [1.807, 2.05) is 35.0 Å². The number of benzene rings is 1. The second kappa shape index (κ2) is 5.68. The average Bonchev–Trinajstić information content (AvgIpc) is 3.23. The van der Waals surface area contributed by atoms with Crippen LogP contribution in [0.4, 0.5) is 5.69 Å². The Bertz CT molecular complexity index is 835. The van der Waals surface area contributed by atoms with Crippen LogP contribution >= 0.6 is 0 Å². The monoisotopic (exact) mass is 308 g/mol. The summed E-state index contributed by atoms with van der Waals surface area (Å²) in [5.41, 5.74) is 3.52. The summed E-state index contributed by atoms with van der Waals surface area (Å²) in [7, 11) is 0. The molecule has 0 unspecified atom stereocenters. The number of fused-ring (bicyclic) bond motifs is 1. The lowest BCUT2D eigenvalue weighted by molar-refractivity contribution is 0.102. The minimum atomic E-state index is -0.279. The van der Waals surface area contributed by atoms with Crippen LogP contribution in [-0.2, 0) is 13.0 Å². The van der Waals surface area contributed by atoms with E-state index in [0.29, 0.717) is 5.69 Å². The Morgan fingerprint density at radius 3 is 2.91 bits per heavy atom. The van der Waals surface area contributed by atoms with E-state index in [0.717, 1.165) is 42.8 Å². The highest BCUT2D eigenvalue weighted by atomic mass is 16.2. The molecule has 3 aromatic rings. The molecule has 23 heavy (non-hydrogen) atoms. The summed E-state index contributed by atoms with van der Waals surface area (Å²) in [5, 5.41) is 17.9.